The van der Waals surface area contributed by atoms with Gasteiger partial charge in [0.15, 0.2) is 0 Å². The van der Waals surface area contributed by atoms with Crippen LogP contribution < -0.4 is 0 Å². The number of rotatable bonds is 3. The minimum absolute atomic E-state index is 0.0549. The molecule has 4 saturated carbocycles. The average Bonchev–Trinajstić information content (AvgIpc) is 2.24. The predicted molar refractivity (Wildman–Crippen MR) is 68.8 cm³/mol. The summed E-state index contributed by atoms with van der Waals surface area (Å²) in [6.45, 7) is 3.83. The van der Waals surface area contributed by atoms with Crippen molar-refractivity contribution in [2.45, 2.75) is 44.2 Å². The Morgan fingerprint density at radius 1 is 1.29 bits per heavy atom. The molecule has 0 aromatic carbocycles. The van der Waals surface area contributed by atoms with E-state index in [1.807, 2.05) is 11.4 Å². The van der Waals surface area contributed by atoms with Gasteiger partial charge in [0.2, 0.25) is 0 Å². The van der Waals surface area contributed by atoms with Crippen LogP contribution in [0.3, 0.4) is 0 Å². The van der Waals surface area contributed by atoms with E-state index in [-0.39, 0.29) is 5.41 Å². The number of halogens is 1. The van der Waals surface area contributed by atoms with Crippen LogP contribution >= 0.6 is 0 Å². The minimum atomic E-state index is -0.914. The van der Waals surface area contributed by atoms with Gasteiger partial charge >= 0.3 is 0 Å². The third kappa shape index (κ3) is 1.58. The maximum atomic E-state index is 14.6. The van der Waals surface area contributed by atoms with Crippen molar-refractivity contribution in [3.05, 3.63) is 12.7 Å². The smallest absolute Gasteiger partial charge is 0.112 e. The predicted octanol–water partition coefficient (Wildman–Crippen LogP) is 3.11. The molecule has 0 N–H and O–H groups in total. The van der Waals surface area contributed by atoms with E-state index >= 15 is 0 Å². The molecule has 0 saturated heterocycles. The first kappa shape index (κ1) is 11.6. The Morgan fingerprint density at radius 2 is 1.94 bits per heavy atom. The van der Waals surface area contributed by atoms with Gasteiger partial charge in [-0.25, -0.2) is 8.60 Å². The van der Waals surface area contributed by atoms with Crippen LogP contribution in [0.15, 0.2) is 12.7 Å². The Bertz CT molecular complexity index is 383. The molecule has 17 heavy (non-hydrogen) atoms. The molecule has 4 aliphatic carbocycles. The van der Waals surface area contributed by atoms with Crippen LogP contribution in [-0.4, -0.2) is 15.2 Å². The Morgan fingerprint density at radius 3 is 2.41 bits per heavy atom. The molecule has 4 fully saturated rings. The second kappa shape index (κ2) is 3.78. The fourth-order valence-corrected chi connectivity index (χ4v) is 5.61. The molecule has 1 nitrogen and oxygen atoms in total. The zero-order valence-corrected chi connectivity index (χ0v) is 10.8. The molecule has 2 unspecified atom stereocenters. The van der Waals surface area contributed by atoms with Crippen molar-refractivity contribution in [1.29, 1.82) is 0 Å². The van der Waals surface area contributed by atoms with Gasteiger partial charge in [-0.2, -0.15) is 0 Å². The average molecular weight is 254 g/mol. The molecule has 94 valence electrons. The maximum Gasteiger partial charge on any atom is 0.112 e. The van der Waals surface area contributed by atoms with Crippen LogP contribution in [0, 0.1) is 23.2 Å². The van der Waals surface area contributed by atoms with E-state index in [0.29, 0.717) is 41.9 Å². The van der Waals surface area contributed by atoms with Crippen LogP contribution in [0.25, 0.3) is 0 Å². The Kier molecular flexibility index (Phi) is 2.58. The van der Waals surface area contributed by atoms with E-state index in [4.69, 9.17) is 0 Å². The summed E-state index contributed by atoms with van der Waals surface area (Å²) in [7, 11) is 0. The van der Waals surface area contributed by atoms with E-state index in [1.165, 1.54) is 0 Å². The summed E-state index contributed by atoms with van der Waals surface area (Å²) in [6, 6.07) is 0. The highest BCUT2D eigenvalue weighted by Gasteiger charge is 2.61. The lowest BCUT2D eigenvalue weighted by Crippen LogP contribution is -2.58. The van der Waals surface area contributed by atoms with Gasteiger partial charge in [0.05, 0.1) is 11.3 Å². The lowest BCUT2D eigenvalue weighted by atomic mass is 9.44. The van der Waals surface area contributed by atoms with Crippen molar-refractivity contribution < 1.29 is 8.60 Å². The normalized spacial score (nSPS) is 51.2. The number of allylic oxidation sites excluding steroid dienone is 1. The summed E-state index contributed by atoms with van der Waals surface area (Å²) < 4.78 is 25.6. The van der Waals surface area contributed by atoms with Crippen LogP contribution in [0.1, 0.15) is 38.5 Å². The lowest BCUT2D eigenvalue weighted by molar-refractivity contribution is -0.128. The molecule has 4 rings (SSSR count). The number of hydrogen-bond acceptors (Lipinski definition) is 1. The summed E-state index contributed by atoms with van der Waals surface area (Å²) in [5.74, 6) is 1.32. The quantitative estimate of drug-likeness (QED) is 0.558. The second-order valence-corrected chi connectivity index (χ2v) is 6.74. The van der Waals surface area contributed by atoms with E-state index < -0.39 is 5.67 Å². The monoisotopic (exact) mass is 254 g/mol. The van der Waals surface area contributed by atoms with Crippen molar-refractivity contribution in [2.24, 2.45) is 23.2 Å². The molecule has 3 heteroatoms. The molecule has 0 heterocycles. The molecule has 0 amide bonds. The third-order valence-electron chi connectivity index (χ3n) is 5.40. The first-order chi connectivity index (χ1) is 8.12. The van der Waals surface area contributed by atoms with Crippen molar-refractivity contribution >= 4 is 16.6 Å². The van der Waals surface area contributed by atoms with E-state index in [1.54, 1.807) is 0 Å². The van der Waals surface area contributed by atoms with Crippen LogP contribution in [0.2, 0.25) is 0 Å². The zero-order chi connectivity index (χ0) is 12.1. The van der Waals surface area contributed by atoms with Crippen molar-refractivity contribution in [3.8, 4) is 0 Å². The fraction of sp³-hybridized carbons (Fsp3) is 0.786. The summed E-state index contributed by atoms with van der Waals surface area (Å²) >= 11 is 0.573. The molecule has 4 bridgehead atoms. The highest BCUT2D eigenvalue weighted by Crippen LogP contribution is 2.65. The van der Waals surface area contributed by atoms with Crippen LogP contribution in [0.5, 0.6) is 0 Å². The fourth-order valence-electron chi connectivity index (χ4n) is 4.95. The minimum Gasteiger partial charge on any atom is -0.244 e. The molecule has 0 aliphatic heterocycles. The SMILES string of the molecule is C=CCC1(C=S=O)C2CC3CC1CC(F)(C3)C2. The topological polar surface area (TPSA) is 17.1 Å². The first-order valence-electron chi connectivity index (χ1n) is 6.55. The van der Waals surface area contributed by atoms with Crippen LogP contribution in [-0.2, 0) is 11.3 Å². The molecule has 0 spiro atoms. The van der Waals surface area contributed by atoms with Crippen molar-refractivity contribution in [3.63, 3.8) is 0 Å². The molecule has 4 aliphatic rings. The highest BCUT2D eigenvalue weighted by molar-refractivity contribution is 7.64. The number of alkyl halides is 1. The van der Waals surface area contributed by atoms with Gasteiger partial charge in [-0.05, 0) is 56.3 Å². The Hall–Kier alpha value is -0.440. The molecule has 0 radical (unpaired) electrons. The number of hydrogen-bond donors (Lipinski definition) is 0. The Labute approximate surface area is 106 Å². The molecule has 0 aromatic heterocycles. The van der Waals surface area contributed by atoms with E-state index in [2.05, 4.69) is 6.58 Å². The molecular weight excluding hydrogens is 235 g/mol. The third-order valence-corrected chi connectivity index (χ3v) is 5.94. The largest absolute Gasteiger partial charge is 0.244 e. The summed E-state index contributed by atoms with van der Waals surface area (Å²) in [5.41, 5.74) is -0.969. The van der Waals surface area contributed by atoms with Gasteiger partial charge in [-0.15, -0.1) is 6.58 Å². The second-order valence-electron chi connectivity index (χ2n) is 6.31. The van der Waals surface area contributed by atoms with Gasteiger partial charge in [0, 0.05) is 10.8 Å². The van der Waals surface area contributed by atoms with E-state index in [9.17, 15) is 8.60 Å². The molecule has 0 aromatic rings. The zero-order valence-electron chi connectivity index (χ0n) is 10.0. The van der Waals surface area contributed by atoms with Gasteiger partial charge < -0.3 is 0 Å². The molecular formula is C14H19FOS. The summed E-state index contributed by atoms with van der Waals surface area (Å²) in [6.07, 6.45) is 7.12. The van der Waals surface area contributed by atoms with Gasteiger partial charge in [-0.1, -0.05) is 6.08 Å². The van der Waals surface area contributed by atoms with Crippen molar-refractivity contribution in [2.75, 3.05) is 0 Å². The first-order valence-corrected chi connectivity index (χ1v) is 7.35. The lowest BCUT2D eigenvalue weighted by Gasteiger charge is -2.61. The highest BCUT2D eigenvalue weighted by atomic mass is 32.1. The van der Waals surface area contributed by atoms with Gasteiger partial charge in [0.25, 0.3) is 0 Å². The maximum absolute atomic E-state index is 14.6. The summed E-state index contributed by atoms with van der Waals surface area (Å²) in [5, 5.41) is 1.87. The Balaban J connectivity index is 2.01. The van der Waals surface area contributed by atoms with Gasteiger partial charge in [0.1, 0.15) is 5.67 Å². The summed E-state index contributed by atoms with van der Waals surface area (Å²) in [4.78, 5) is 0. The van der Waals surface area contributed by atoms with E-state index in [0.717, 1.165) is 25.7 Å². The standard InChI is InChI=1S/C14H19FOS/c1-2-3-14(9-17-16)11-4-10-5-12(14)8-13(15,6-10)7-11/h2,9-12H,1,3-8H2. The van der Waals surface area contributed by atoms with Crippen LogP contribution in [0.4, 0.5) is 4.39 Å². The van der Waals surface area contributed by atoms with Gasteiger partial charge in [-0.3, -0.25) is 0 Å². The molecule has 2 atom stereocenters. The van der Waals surface area contributed by atoms with Crippen molar-refractivity contribution in [1.82, 2.24) is 0 Å².